The van der Waals surface area contributed by atoms with Gasteiger partial charge in [0.2, 0.25) is 0 Å². The Balaban J connectivity index is 2.48. The number of ketones is 1. The van der Waals surface area contributed by atoms with Crippen LogP contribution in [0.15, 0.2) is 35.5 Å². The second-order valence-electron chi connectivity index (χ2n) is 3.92. The maximum absolute atomic E-state index is 11.1. The van der Waals surface area contributed by atoms with E-state index in [1.807, 2.05) is 6.08 Å². The predicted octanol–water partition coefficient (Wildman–Crippen LogP) is 3.97. The van der Waals surface area contributed by atoms with Crippen molar-refractivity contribution in [1.29, 1.82) is 0 Å². The lowest BCUT2D eigenvalue weighted by molar-refractivity contribution is -0.114. The van der Waals surface area contributed by atoms with Gasteiger partial charge in [0.15, 0.2) is 5.78 Å². The lowest BCUT2D eigenvalue weighted by Gasteiger charge is -2.04. The van der Waals surface area contributed by atoms with Gasteiger partial charge in [0.1, 0.15) is 0 Å². The zero-order valence-electron chi connectivity index (χ0n) is 9.75. The number of carbonyl (C=O) groups is 1. The van der Waals surface area contributed by atoms with Gasteiger partial charge in [-0.2, -0.15) is 0 Å². The van der Waals surface area contributed by atoms with Crippen LogP contribution in [0.1, 0.15) is 46.0 Å². The number of hydrogen-bond donors (Lipinski definition) is 0. The Kier molecular flexibility index (Phi) is 5.09. The highest BCUT2D eigenvalue weighted by molar-refractivity contribution is 5.90. The van der Waals surface area contributed by atoms with Gasteiger partial charge < -0.3 is 0 Å². The van der Waals surface area contributed by atoms with E-state index in [1.54, 1.807) is 6.08 Å². The van der Waals surface area contributed by atoms with Crippen LogP contribution in [0.3, 0.4) is 0 Å². The Morgan fingerprint density at radius 3 is 2.93 bits per heavy atom. The van der Waals surface area contributed by atoms with Crippen LogP contribution in [-0.2, 0) is 4.79 Å². The molecule has 1 rings (SSSR count). The zero-order valence-corrected chi connectivity index (χ0v) is 9.75. The van der Waals surface area contributed by atoms with Gasteiger partial charge in [-0.1, -0.05) is 36.3 Å². The topological polar surface area (TPSA) is 17.1 Å². The molecule has 1 nitrogen and oxygen atoms in total. The summed E-state index contributed by atoms with van der Waals surface area (Å²) >= 11 is 0. The fraction of sp³-hybridized carbons (Fsp3) is 0.500. The lowest BCUT2D eigenvalue weighted by atomic mass is 10.0. The van der Waals surface area contributed by atoms with E-state index < -0.39 is 0 Å². The second kappa shape index (κ2) is 6.39. The third-order valence-corrected chi connectivity index (χ3v) is 2.88. The van der Waals surface area contributed by atoms with Crippen molar-refractivity contribution in [3.8, 4) is 0 Å². The van der Waals surface area contributed by atoms with Gasteiger partial charge in [-0.3, -0.25) is 4.79 Å². The van der Waals surface area contributed by atoms with Crippen LogP contribution in [0, 0.1) is 0 Å². The summed E-state index contributed by atoms with van der Waals surface area (Å²) in [7, 11) is 0. The number of carbonyl (C=O) groups excluding carboxylic acids is 1. The Morgan fingerprint density at radius 2 is 2.27 bits per heavy atom. The molecule has 0 atom stereocenters. The fourth-order valence-electron chi connectivity index (χ4n) is 1.77. The standard InChI is InChI=1S/C14H20O/c1-3-12(4-2)8-9-13-6-5-7-14(15)11-10-13/h3,6,10-11H,4-5,7-9H2,1-2H3. The van der Waals surface area contributed by atoms with E-state index in [4.69, 9.17) is 0 Å². The van der Waals surface area contributed by atoms with Crippen LogP contribution in [0.25, 0.3) is 0 Å². The quantitative estimate of drug-likeness (QED) is 0.633. The Morgan fingerprint density at radius 1 is 1.47 bits per heavy atom. The first-order valence-corrected chi connectivity index (χ1v) is 5.80. The lowest BCUT2D eigenvalue weighted by Crippen LogP contribution is -1.87. The summed E-state index contributed by atoms with van der Waals surface area (Å²) in [5.74, 6) is 0.253. The molecule has 0 N–H and O–H groups in total. The van der Waals surface area contributed by atoms with Crippen molar-refractivity contribution in [3.63, 3.8) is 0 Å². The first-order chi connectivity index (χ1) is 7.26. The van der Waals surface area contributed by atoms with E-state index in [0.29, 0.717) is 6.42 Å². The van der Waals surface area contributed by atoms with Gasteiger partial charge in [0.05, 0.1) is 0 Å². The summed E-state index contributed by atoms with van der Waals surface area (Å²) in [6.45, 7) is 4.29. The Labute approximate surface area is 92.6 Å². The molecule has 0 bridgehead atoms. The molecule has 0 spiro atoms. The van der Waals surface area contributed by atoms with Crippen molar-refractivity contribution in [2.45, 2.75) is 46.0 Å². The van der Waals surface area contributed by atoms with Gasteiger partial charge in [-0.05, 0) is 38.7 Å². The second-order valence-corrected chi connectivity index (χ2v) is 3.92. The molecule has 1 aliphatic rings. The van der Waals surface area contributed by atoms with Crippen molar-refractivity contribution in [2.24, 2.45) is 0 Å². The molecule has 82 valence electrons. The minimum Gasteiger partial charge on any atom is -0.295 e. The normalized spacial score (nSPS) is 17.6. The van der Waals surface area contributed by atoms with Crippen LogP contribution in [0.5, 0.6) is 0 Å². The molecule has 0 heterocycles. The van der Waals surface area contributed by atoms with Gasteiger partial charge in [-0.25, -0.2) is 0 Å². The Bertz CT molecular complexity index is 305. The van der Waals surface area contributed by atoms with Crippen molar-refractivity contribution in [1.82, 2.24) is 0 Å². The molecule has 0 aromatic carbocycles. The fourth-order valence-corrected chi connectivity index (χ4v) is 1.77. The smallest absolute Gasteiger partial charge is 0.156 e. The van der Waals surface area contributed by atoms with Crippen molar-refractivity contribution < 1.29 is 4.79 Å². The van der Waals surface area contributed by atoms with E-state index in [2.05, 4.69) is 26.0 Å². The number of rotatable bonds is 4. The van der Waals surface area contributed by atoms with Crippen LogP contribution in [-0.4, -0.2) is 5.78 Å². The molecule has 0 aliphatic heterocycles. The van der Waals surface area contributed by atoms with E-state index in [1.165, 1.54) is 11.1 Å². The average Bonchev–Trinajstić information content (AvgIpc) is 2.45. The van der Waals surface area contributed by atoms with Crippen molar-refractivity contribution in [2.75, 3.05) is 0 Å². The molecule has 15 heavy (non-hydrogen) atoms. The number of hydrogen-bond acceptors (Lipinski definition) is 1. The van der Waals surface area contributed by atoms with Gasteiger partial charge in [-0.15, -0.1) is 0 Å². The summed E-state index contributed by atoms with van der Waals surface area (Å²) in [6, 6.07) is 0. The van der Waals surface area contributed by atoms with E-state index in [-0.39, 0.29) is 5.78 Å². The molecular formula is C14H20O. The zero-order chi connectivity index (χ0) is 11.1. The van der Waals surface area contributed by atoms with Crippen LogP contribution in [0.2, 0.25) is 0 Å². The highest BCUT2D eigenvalue weighted by Crippen LogP contribution is 2.18. The largest absolute Gasteiger partial charge is 0.295 e. The maximum atomic E-state index is 11.1. The van der Waals surface area contributed by atoms with Crippen LogP contribution < -0.4 is 0 Å². The highest BCUT2D eigenvalue weighted by Gasteiger charge is 2.03. The third-order valence-electron chi connectivity index (χ3n) is 2.88. The van der Waals surface area contributed by atoms with Crippen molar-refractivity contribution in [3.05, 3.63) is 35.5 Å². The summed E-state index contributed by atoms with van der Waals surface area (Å²) in [4.78, 5) is 11.1. The minimum absolute atomic E-state index is 0.253. The molecule has 0 saturated carbocycles. The summed E-state index contributed by atoms with van der Waals surface area (Å²) < 4.78 is 0. The molecule has 0 unspecified atom stereocenters. The molecule has 0 amide bonds. The third kappa shape index (κ3) is 4.28. The predicted molar refractivity (Wildman–Crippen MR) is 64.7 cm³/mol. The summed E-state index contributed by atoms with van der Waals surface area (Å²) in [5, 5.41) is 0. The highest BCUT2D eigenvalue weighted by atomic mass is 16.1. The van der Waals surface area contributed by atoms with Crippen LogP contribution in [0.4, 0.5) is 0 Å². The van der Waals surface area contributed by atoms with Gasteiger partial charge in [0, 0.05) is 6.42 Å². The Hall–Kier alpha value is -1.11. The number of allylic oxidation sites excluding steroid dienone is 6. The average molecular weight is 204 g/mol. The molecule has 0 saturated heterocycles. The molecule has 0 radical (unpaired) electrons. The molecule has 0 fully saturated rings. The molecule has 0 aromatic heterocycles. The minimum atomic E-state index is 0.253. The van der Waals surface area contributed by atoms with Gasteiger partial charge in [0.25, 0.3) is 0 Å². The molecular weight excluding hydrogens is 184 g/mol. The monoisotopic (exact) mass is 204 g/mol. The van der Waals surface area contributed by atoms with E-state index in [9.17, 15) is 4.79 Å². The van der Waals surface area contributed by atoms with E-state index in [0.717, 1.165) is 25.7 Å². The summed E-state index contributed by atoms with van der Waals surface area (Å²) in [5.41, 5.74) is 2.81. The first kappa shape index (κ1) is 12.0. The van der Waals surface area contributed by atoms with Gasteiger partial charge >= 0.3 is 0 Å². The van der Waals surface area contributed by atoms with Crippen LogP contribution >= 0.6 is 0 Å². The van der Waals surface area contributed by atoms with E-state index >= 15 is 0 Å². The molecule has 0 aromatic rings. The SMILES string of the molecule is CC=C(CC)CCC1=CCCC(=O)C=C1. The van der Waals surface area contributed by atoms with Crippen molar-refractivity contribution >= 4 is 5.78 Å². The first-order valence-electron chi connectivity index (χ1n) is 5.80. The molecule has 1 heteroatoms. The molecule has 1 aliphatic carbocycles. The maximum Gasteiger partial charge on any atom is 0.156 e. The summed E-state index contributed by atoms with van der Waals surface area (Å²) in [6.07, 6.45) is 13.0.